The normalized spacial score (nSPS) is 33.8. The third-order valence-corrected chi connectivity index (χ3v) is 4.55. The van der Waals surface area contributed by atoms with Crippen LogP contribution in [0.3, 0.4) is 0 Å². The Hall–Kier alpha value is 0.532. The van der Waals surface area contributed by atoms with E-state index in [1.807, 2.05) is 0 Å². The molecule has 0 aliphatic heterocycles. The second kappa shape index (κ2) is 4.42. The number of hydrogen-bond donors (Lipinski definition) is 0. The molecule has 1 radical (unpaired) electrons. The first-order valence-corrected chi connectivity index (χ1v) is 6.48. The Balaban J connectivity index is 2.17. The molecule has 1 heteroatoms. The maximum absolute atomic E-state index is 2.41. The molecule has 0 amide bonds. The monoisotopic (exact) mass is 153 g/mol. The largest absolute Gasteiger partial charge is 0.200 e. The highest BCUT2D eigenvalue weighted by atomic mass is 27.1. The SMILES string of the molecule is CCC1CC[CH]([Al][CH3])CC1. The Morgan fingerprint density at radius 2 is 1.80 bits per heavy atom. The highest BCUT2D eigenvalue weighted by molar-refractivity contribution is 6.35. The zero-order chi connectivity index (χ0) is 7.40. The predicted octanol–water partition coefficient (Wildman–Crippen LogP) is 3.13. The van der Waals surface area contributed by atoms with Crippen LogP contribution >= 0.6 is 0 Å². The van der Waals surface area contributed by atoms with Crippen LogP contribution < -0.4 is 0 Å². The smallest absolute Gasteiger partial charge is 0.115 e. The van der Waals surface area contributed by atoms with Crippen LogP contribution in [0, 0.1) is 5.92 Å². The number of hydrogen-bond acceptors (Lipinski definition) is 0. The zero-order valence-electron chi connectivity index (χ0n) is 7.27. The summed E-state index contributed by atoms with van der Waals surface area (Å²) in [6.07, 6.45) is 7.57. The van der Waals surface area contributed by atoms with Crippen LogP contribution in [0.1, 0.15) is 39.0 Å². The molecule has 1 aliphatic rings. The fraction of sp³-hybridized carbons (Fsp3) is 1.00. The quantitative estimate of drug-likeness (QED) is 0.535. The molecule has 0 aromatic carbocycles. The topological polar surface area (TPSA) is 0 Å². The first-order chi connectivity index (χ1) is 4.86. The van der Waals surface area contributed by atoms with Gasteiger partial charge in [0.25, 0.3) is 0 Å². The molecule has 0 heterocycles. The van der Waals surface area contributed by atoms with Gasteiger partial charge in [-0.1, -0.05) is 43.8 Å². The van der Waals surface area contributed by atoms with Gasteiger partial charge in [0.15, 0.2) is 0 Å². The first kappa shape index (κ1) is 8.63. The van der Waals surface area contributed by atoms with Crippen molar-refractivity contribution in [1.82, 2.24) is 0 Å². The van der Waals surface area contributed by atoms with E-state index in [0.29, 0.717) is 0 Å². The van der Waals surface area contributed by atoms with Crippen molar-refractivity contribution in [3.8, 4) is 0 Å². The van der Waals surface area contributed by atoms with E-state index in [-0.39, 0.29) is 0 Å². The van der Waals surface area contributed by atoms with Crippen molar-refractivity contribution in [2.24, 2.45) is 5.92 Å². The van der Waals surface area contributed by atoms with Gasteiger partial charge in [-0.3, -0.25) is 0 Å². The molecule has 10 heavy (non-hydrogen) atoms. The summed E-state index contributed by atoms with van der Waals surface area (Å²) in [6, 6.07) is 0. The second-order valence-corrected chi connectivity index (χ2v) is 5.13. The Labute approximate surface area is 71.1 Å². The Bertz CT molecular complexity index is 70.7. The van der Waals surface area contributed by atoms with Gasteiger partial charge in [-0.15, -0.1) is 5.79 Å². The molecule has 0 bridgehead atoms. The summed E-state index contributed by atoms with van der Waals surface area (Å²) in [6.45, 7) is 2.34. The predicted molar refractivity (Wildman–Crippen MR) is 47.6 cm³/mol. The average molecular weight is 153 g/mol. The van der Waals surface area contributed by atoms with Crippen LogP contribution in [0.2, 0.25) is 10.6 Å². The molecule has 0 N–H and O–H groups in total. The van der Waals surface area contributed by atoms with E-state index in [9.17, 15) is 0 Å². The Morgan fingerprint density at radius 1 is 1.20 bits per heavy atom. The lowest BCUT2D eigenvalue weighted by Gasteiger charge is -2.26. The van der Waals surface area contributed by atoms with Crippen LogP contribution in [-0.2, 0) is 0 Å². The minimum atomic E-state index is 0.768. The van der Waals surface area contributed by atoms with Gasteiger partial charge < -0.3 is 0 Å². The number of rotatable bonds is 2. The van der Waals surface area contributed by atoms with Gasteiger partial charge in [0.05, 0.1) is 0 Å². The van der Waals surface area contributed by atoms with Crippen molar-refractivity contribution >= 4 is 15.2 Å². The lowest BCUT2D eigenvalue weighted by atomic mass is 9.87. The average Bonchev–Trinajstić information content (AvgIpc) is 2.05. The van der Waals surface area contributed by atoms with Gasteiger partial charge >= 0.3 is 0 Å². The minimum absolute atomic E-state index is 0.768. The lowest BCUT2D eigenvalue weighted by Crippen LogP contribution is -2.12. The van der Waals surface area contributed by atoms with Gasteiger partial charge in [-0.2, -0.15) is 0 Å². The third-order valence-electron chi connectivity index (χ3n) is 2.94. The summed E-state index contributed by atoms with van der Waals surface area (Å²) in [5, 5.41) is 0. The van der Waals surface area contributed by atoms with Crippen molar-refractivity contribution in [3.63, 3.8) is 0 Å². The van der Waals surface area contributed by atoms with Gasteiger partial charge in [0, 0.05) is 0 Å². The lowest BCUT2D eigenvalue weighted by molar-refractivity contribution is 0.348. The van der Waals surface area contributed by atoms with E-state index in [2.05, 4.69) is 12.7 Å². The maximum Gasteiger partial charge on any atom is 0.200 e. The second-order valence-electron chi connectivity index (χ2n) is 3.52. The van der Waals surface area contributed by atoms with Crippen molar-refractivity contribution in [2.75, 3.05) is 0 Å². The van der Waals surface area contributed by atoms with Crippen LogP contribution in [0.4, 0.5) is 0 Å². The Kier molecular flexibility index (Phi) is 3.81. The molecule has 1 saturated carbocycles. The van der Waals surface area contributed by atoms with Crippen molar-refractivity contribution in [2.45, 2.75) is 49.6 Å². The summed E-state index contributed by atoms with van der Waals surface area (Å²) < 4.78 is 1.16. The van der Waals surface area contributed by atoms with E-state index < -0.39 is 0 Å². The molecular weight excluding hydrogens is 135 g/mol. The van der Waals surface area contributed by atoms with E-state index >= 15 is 0 Å². The van der Waals surface area contributed by atoms with Crippen LogP contribution in [0.5, 0.6) is 0 Å². The first-order valence-electron chi connectivity index (χ1n) is 4.66. The zero-order valence-corrected chi connectivity index (χ0v) is 8.42. The van der Waals surface area contributed by atoms with Gasteiger partial charge in [0.1, 0.15) is 0 Å². The van der Waals surface area contributed by atoms with Crippen molar-refractivity contribution in [3.05, 3.63) is 0 Å². The van der Waals surface area contributed by atoms with E-state index in [1.165, 1.54) is 19.3 Å². The molecule has 1 fully saturated rings. The fourth-order valence-corrected chi connectivity index (χ4v) is 2.98. The van der Waals surface area contributed by atoms with Gasteiger partial charge in [-0.25, -0.2) is 0 Å². The van der Waals surface area contributed by atoms with E-state index in [0.717, 1.165) is 25.9 Å². The summed E-state index contributed by atoms with van der Waals surface area (Å²) in [5.41, 5.74) is 0. The third kappa shape index (κ3) is 2.29. The molecular formula is C9H18Al. The molecule has 0 unspecified atom stereocenters. The summed E-state index contributed by atoms with van der Waals surface area (Å²) in [5.74, 6) is 3.50. The highest BCUT2D eigenvalue weighted by Gasteiger charge is 2.18. The molecule has 1 aliphatic carbocycles. The molecule has 0 aromatic heterocycles. The summed E-state index contributed by atoms with van der Waals surface area (Å²) >= 11 is 0.768. The molecule has 1 rings (SSSR count). The van der Waals surface area contributed by atoms with Crippen LogP contribution in [-0.4, -0.2) is 15.2 Å². The van der Waals surface area contributed by atoms with E-state index in [4.69, 9.17) is 0 Å². The van der Waals surface area contributed by atoms with Crippen molar-refractivity contribution in [1.29, 1.82) is 0 Å². The van der Waals surface area contributed by atoms with Crippen LogP contribution in [0.15, 0.2) is 0 Å². The molecule has 0 atom stereocenters. The van der Waals surface area contributed by atoms with Crippen molar-refractivity contribution < 1.29 is 0 Å². The standard InChI is InChI=1S/C8H15.CH3.Al/c1-2-8-6-4-3-5-7-8;;/h3,8H,2,4-7H2,1H3;1H3;. The molecule has 0 aromatic rings. The highest BCUT2D eigenvalue weighted by Crippen LogP contribution is 2.33. The summed E-state index contributed by atoms with van der Waals surface area (Å²) in [7, 11) is 0. The van der Waals surface area contributed by atoms with Crippen LogP contribution in [0.25, 0.3) is 0 Å². The summed E-state index contributed by atoms with van der Waals surface area (Å²) in [4.78, 5) is 0. The Morgan fingerprint density at radius 3 is 2.20 bits per heavy atom. The van der Waals surface area contributed by atoms with E-state index in [1.54, 1.807) is 12.8 Å². The fourth-order valence-electron chi connectivity index (χ4n) is 1.93. The molecule has 57 valence electrons. The molecule has 0 saturated heterocycles. The van der Waals surface area contributed by atoms with Gasteiger partial charge in [-0.05, 0) is 5.92 Å². The van der Waals surface area contributed by atoms with Gasteiger partial charge in [0.2, 0.25) is 15.2 Å². The molecule has 0 nitrogen and oxygen atoms in total. The molecule has 0 spiro atoms. The maximum atomic E-state index is 2.41. The minimum Gasteiger partial charge on any atom is -0.115 e.